The first-order valence-electron chi connectivity index (χ1n) is 5.23. The van der Waals surface area contributed by atoms with Gasteiger partial charge in [-0.3, -0.25) is 0 Å². The molecule has 1 aromatic heterocycles. The van der Waals surface area contributed by atoms with Gasteiger partial charge in [-0.15, -0.1) is 0 Å². The number of hydrogen-bond donors (Lipinski definition) is 1. The number of nitrogens with one attached hydrogen (secondary N) is 1. The van der Waals surface area contributed by atoms with Gasteiger partial charge in [-0.05, 0) is 25.1 Å². The third-order valence-corrected chi connectivity index (χ3v) is 2.58. The predicted octanol–water partition coefficient (Wildman–Crippen LogP) is 0.694. The minimum absolute atomic E-state index is 0.0204. The number of ether oxygens (including phenoxy) is 1. The van der Waals surface area contributed by atoms with Crippen LogP contribution in [0.1, 0.15) is 11.5 Å². The summed E-state index contributed by atoms with van der Waals surface area (Å²) in [6.07, 6.45) is 3.74. The molecule has 0 radical (unpaired) electrons. The molecule has 0 aliphatic carbocycles. The normalized spacial score (nSPS) is 11.9. The van der Waals surface area contributed by atoms with Crippen molar-refractivity contribution in [1.82, 2.24) is 4.72 Å². The maximum Gasteiger partial charge on any atom is 0.330 e. The van der Waals surface area contributed by atoms with E-state index in [1.165, 1.54) is 12.2 Å². The number of furan rings is 1. The van der Waals surface area contributed by atoms with Crippen LogP contribution in [0.3, 0.4) is 0 Å². The van der Waals surface area contributed by atoms with E-state index in [9.17, 15) is 13.2 Å². The molecule has 6 nitrogen and oxygen atoms in total. The lowest BCUT2D eigenvalue weighted by Crippen LogP contribution is -2.26. The molecule has 1 aromatic rings. The molecule has 0 aliphatic rings. The summed E-state index contributed by atoms with van der Waals surface area (Å²) in [7, 11) is -3.25. The molecule has 0 aliphatic heterocycles. The highest BCUT2D eigenvalue weighted by Gasteiger charge is 2.01. The van der Waals surface area contributed by atoms with Gasteiger partial charge in [-0.1, -0.05) is 0 Å². The third kappa shape index (κ3) is 6.21. The molecule has 100 valence electrons. The van der Waals surface area contributed by atoms with Crippen LogP contribution in [0.15, 0.2) is 22.6 Å². The lowest BCUT2D eigenvalue weighted by molar-refractivity contribution is -0.137. The third-order valence-electron chi connectivity index (χ3n) is 1.86. The highest BCUT2D eigenvalue weighted by Crippen LogP contribution is 2.07. The maximum absolute atomic E-state index is 11.2. The van der Waals surface area contributed by atoms with Gasteiger partial charge in [0, 0.05) is 12.6 Å². The molecule has 0 bridgehead atoms. The van der Waals surface area contributed by atoms with Crippen molar-refractivity contribution < 1.29 is 22.4 Å². The Balaban J connectivity index is 2.28. The summed E-state index contributed by atoms with van der Waals surface area (Å²) in [5, 5.41) is 0. The Labute approximate surface area is 106 Å². The lowest BCUT2D eigenvalue weighted by Gasteiger charge is -2.02. The number of esters is 1. The molecule has 0 saturated heterocycles. The van der Waals surface area contributed by atoms with E-state index in [1.807, 2.05) is 0 Å². The fourth-order valence-electron chi connectivity index (χ4n) is 1.12. The van der Waals surface area contributed by atoms with Crippen molar-refractivity contribution in [1.29, 1.82) is 0 Å². The zero-order valence-corrected chi connectivity index (χ0v) is 11.0. The molecule has 0 atom stereocenters. The van der Waals surface area contributed by atoms with Gasteiger partial charge in [0.25, 0.3) is 0 Å². The fraction of sp³-hybridized carbons (Fsp3) is 0.364. The summed E-state index contributed by atoms with van der Waals surface area (Å²) < 4.78 is 33.6. The Kier molecular flexibility index (Phi) is 5.11. The standard InChI is InChI=1S/C11H15NO5S/c1-9-3-4-10(17-9)5-6-11(13)16-8-7-12-18(2,14)15/h3-6,12H,7-8H2,1-2H3/b6-5+. The van der Waals surface area contributed by atoms with Crippen LogP contribution >= 0.6 is 0 Å². The summed E-state index contributed by atoms with van der Waals surface area (Å²) in [6.45, 7) is 1.83. The molecule has 0 spiro atoms. The van der Waals surface area contributed by atoms with E-state index in [1.54, 1.807) is 19.1 Å². The highest BCUT2D eigenvalue weighted by atomic mass is 32.2. The lowest BCUT2D eigenvalue weighted by atomic mass is 10.4. The van der Waals surface area contributed by atoms with E-state index in [0.717, 1.165) is 12.0 Å². The zero-order valence-electron chi connectivity index (χ0n) is 10.2. The number of rotatable bonds is 6. The van der Waals surface area contributed by atoms with E-state index >= 15 is 0 Å². The summed E-state index contributed by atoms with van der Waals surface area (Å²) in [6, 6.07) is 3.51. The Hall–Kier alpha value is -1.60. The molecule has 18 heavy (non-hydrogen) atoms. The van der Waals surface area contributed by atoms with Crippen LogP contribution in [0.5, 0.6) is 0 Å². The monoisotopic (exact) mass is 273 g/mol. The van der Waals surface area contributed by atoms with E-state index in [0.29, 0.717) is 5.76 Å². The number of carbonyl (C=O) groups excluding carboxylic acids is 1. The molecule has 1 heterocycles. The van der Waals surface area contributed by atoms with Gasteiger partial charge in [0.1, 0.15) is 18.1 Å². The summed E-state index contributed by atoms with van der Waals surface area (Å²) in [5.41, 5.74) is 0. The van der Waals surface area contributed by atoms with Crippen molar-refractivity contribution in [3.05, 3.63) is 29.7 Å². The van der Waals surface area contributed by atoms with Crippen molar-refractivity contribution >= 4 is 22.1 Å². The Morgan fingerprint density at radius 2 is 2.22 bits per heavy atom. The van der Waals surface area contributed by atoms with Gasteiger partial charge < -0.3 is 9.15 Å². The van der Waals surface area contributed by atoms with Crippen LogP contribution in [0.2, 0.25) is 0 Å². The summed E-state index contributed by atoms with van der Waals surface area (Å²) in [5.74, 6) is 0.749. The minimum atomic E-state index is -3.25. The fourth-order valence-corrected chi connectivity index (χ4v) is 1.57. The van der Waals surface area contributed by atoms with E-state index < -0.39 is 16.0 Å². The molecule has 1 rings (SSSR count). The average molecular weight is 273 g/mol. The number of aryl methyl sites for hydroxylation is 1. The van der Waals surface area contributed by atoms with Crippen molar-refractivity contribution in [2.75, 3.05) is 19.4 Å². The number of carbonyl (C=O) groups is 1. The zero-order chi connectivity index (χ0) is 13.6. The van der Waals surface area contributed by atoms with E-state index in [2.05, 4.69) is 4.72 Å². The first-order chi connectivity index (χ1) is 8.37. The van der Waals surface area contributed by atoms with Gasteiger partial charge in [-0.25, -0.2) is 17.9 Å². The van der Waals surface area contributed by atoms with Crippen LogP contribution in [0, 0.1) is 6.92 Å². The maximum atomic E-state index is 11.2. The summed E-state index contributed by atoms with van der Waals surface area (Å²) in [4.78, 5) is 11.2. The Morgan fingerprint density at radius 1 is 1.50 bits per heavy atom. The predicted molar refractivity (Wildman–Crippen MR) is 66.3 cm³/mol. The quantitative estimate of drug-likeness (QED) is 0.468. The molecule has 0 amide bonds. The molecular weight excluding hydrogens is 258 g/mol. The van der Waals surface area contributed by atoms with Crippen LogP contribution in [-0.2, 0) is 19.6 Å². The molecule has 7 heteroatoms. The molecule has 1 N–H and O–H groups in total. The highest BCUT2D eigenvalue weighted by molar-refractivity contribution is 7.88. The average Bonchev–Trinajstić information content (AvgIpc) is 2.66. The van der Waals surface area contributed by atoms with Gasteiger partial charge in [0.05, 0.1) is 6.26 Å². The molecule has 0 saturated carbocycles. The van der Waals surface area contributed by atoms with Crippen LogP contribution < -0.4 is 4.72 Å². The molecule has 0 aromatic carbocycles. The molecule has 0 fully saturated rings. The SMILES string of the molecule is Cc1ccc(/C=C/C(=O)OCCNS(C)(=O)=O)o1. The number of hydrogen-bond acceptors (Lipinski definition) is 5. The Bertz CT molecular complexity index is 529. The second kappa shape index (κ2) is 6.36. The van der Waals surface area contributed by atoms with Crippen molar-refractivity contribution in [2.45, 2.75) is 6.92 Å². The van der Waals surface area contributed by atoms with Crippen molar-refractivity contribution in [2.24, 2.45) is 0 Å². The van der Waals surface area contributed by atoms with Gasteiger partial charge in [0.15, 0.2) is 0 Å². The van der Waals surface area contributed by atoms with Crippen LogP contribution in [0.4, 0.5) is 0 Å². The first kappa shape index (κ1) is 14.5. The van der Waals surface area contributed by atoms with Gasteiger partial charge >= 0.3 is 5.97 Å². The van der Waals surface area contributed by atoms with Crippen LogP contribution in [-0.4, -0.2) is 33.8 Å². The second-order valence-electron chi connectivity index (χ2n) is 3.62. The largest absolute Gasteiger partial charge is 0.462 e. The topological polar surface area (TPSA) is 85.6 Å². The van der Waals surface area contributed by atoms with Crippen molar-refractivity contribution in [3.63, 3.8) is 0 Å². The van der Waals surface area contributed by atoms with E-state index in [4.69, 9.17) is 9.15 Å². The summed E-state index contributed by atoms with van der Waals surface area (Å²) >= 11 is 0. The molecular formula is C11H15NO5S. The van der Waals surface area contributed by atoms with Gasteiger partial charge in [0.2, 0.25) is 10.0 Å². The van der Waals surface area contributed by atoms with E-state index in [-0.39, 0.29) is 13.2 Å². The smallest absolute Gasteiger partial charge is 0.330 e. The minimum Gasteiger partial charge on any atom is -0.462 e. The van der Waals surface area contributed by atoms with Crippen LogP contribution in [0.25, 0.3) is 6.08 Å². The molecule has 0 unspecified atom stereocenters. The van der Waals surface area contributed by atoms with Gasteiger partial charge in [-0.2, -0.15) is 0 Å². The second-order valence-corrected chi connectivity index (χ2v) is 5.45. The first-order valence-corrected chi connectivity index (χ1v) is 7.12. The number of sulfonamides is 1. The Morgan fingerprint density at radius 3 is 2.78 bits per heavy atom. The van der Waals surface area contributed by atoms with Crippen molar-refractivity contribution in [3.8, 4) is 0 Å².